The fourth-order valence-corrected chi connectivity index (χ4v) is 5.38. The zero-order valence-electron chi connectivity index (χ0n) is 19.4. The Morgan fingerprint density at radius 3 is 2.85 bits per heavy atom. The van der Waals surface area contributed by atoms with Crippen LogP contribution in [0.3, 0.4) is 0 Å². The van der Waals surface area contributed by atoms with E-state index in [1.165, 1.54) is 34.1 Å². The van der Waals surface area contributed by atoms with Crippen molar-refractivity contribution in [2.24, 2.45) is 0 Å². The number of aryl methyl sites for hydroxylation is 1. The largest absolute Gasteiger partial charge is 0.497 e. The van der Waals surface area contributed by atoms with Crippen LogP contribution in [0.5, 0.6) is 11.5 Å². The highest BCUT2D eigenvalue weighted by molar-refractivity contribution is 7.18. The van der Waals surface area contributed by atoms with E-state index in [1.54, 1.807) is 18.4 Å². The van der Waals surface area contributed by atoms with Crippen molar-refractivity contribution >= 4 is 38.0 Å². The summed E-state index contributed by atoms with van der Waals surface area (Å²) in [5, 5.41) is 2.35. The number of rotatable bonds is 9. The monoisotopic (exact) mass is 461 g/mol. The number of unbranched alkanes of at least 4 members (excludes halogenated alkanes) is 2. The Labute approximate surface area is 199 Å². The van der Waals surface area contributed by atoms with Crippen LogP contribution in [-0.2, 0) is 0 Å². The average Bonchev–Trinajstić information content (AvgIpc) is 3.43. The van der Waals surface area contributed by atoms with Gasteiger partial charge in [-0.25, -0.2) is 4.98 Å². The standard InChI is InChI=1S/C27H31N3O2S/c1-19-29-26-17-22(7-9-27(26)33-19)32-15-5-3-4-12-30-13-10-20(11-14-30)24-18-28-25-8-6-21(31-2)16-23(24)25/h6-10,16-18,28H,3-5,11-15H2,1-2H3. The third-order valence-corrected chi connectivity index (χ3v) is 7.33. The fraction of sp³-hybridized carbons (Fsp3) is 0.370. The number of nitrogens with one attached hydrogen (secondary N) is 1. The number of hydrogen-bond donors (Lipinski definition) is 1. The molecule has 3 heterocycles. The first kappa shape index (κ1) is 22.0. The molecule has 2 aromatic heterocycles. The lowest BCUT2D eigenvalue weighted by atomic mass is 9.98. The summed E-state index contributed by atoms with van der Waals surface area (Å²) in [5.74, 6) is 1.83. The van der Waals surface area contributed by atoms with E-state index >= 15 is 0 Å². The Hall–Kier alpha value is -2.83. The molecule has 2 aromatic carbocycles. The zero-order valence-corrected chi connectivity index (χ0v) is 20.2. The van der Waals surface area contributed by atoms with E-state index in [0.29, 0.717) is 0 Å². The maximum atomic E-state index is 5.95. The van der Waals surface area contributed by atoms with Crippen molar-refractivity contribution in [1.29, 1.82) is 0 Å². The van der Waals surface area contributed by atoms with Gasteiger partial charge in [-0.1, -0.05) is 6.08 Å². The van der Waals surface area contributed by atoms with E-state index in [0.717, 1.165) is 66.6 Å². The molecular formula is C27H31N3O2S. The van der Waals surface area contributed by atoms with Crippen LogP contribution >= 0.6 is 11.3 Å². The number of thiazole rings is 1. The van der Waals surface area contributed by atoms with Crippen molar-refractivity contribution in [3.8, 4) is 11.5 Å². The molecule has 4 aromatic rings. The summed E-state index contributed by atoms with van der Waals surface area (Å²) in [5.41, 5.74) is 4.95. The smallest absolute Gasteiger partial charge is 0.121 e. The molecule has 0 saturated carbocycles. The maximum Gasteiger partial charge on any atom is 0.121 e. The van der Waals surface area contributed by atoms with Crippen molar-refractivity contribution in [2.75, 3.05) is 33.4 Å². The molecule has 5 nitrogen and oxygen atoms in total. The molecule has 1 aliphatic heterocycles. The van der Waals surface area contributed by atoms with E-state index in [4.69, 9.17) is 9.47 Å². The molecule has 0 fully saturated rings. The van der Waals surface area contributed by atoms with Crippen LogP contribution < -0.4 is 9.47 Å². The van der Waals surface area contributed by atoms with Crippen molar-refractivity contribution < 1.29 is 9.47 Å². The minimum Gasteiger partial charge on any atom is -0.497 e. The van der Waals surface area contributed by atoms with Gasteiger partial charge in [0.1, 0.15) is 11.5 Å². The van der Waals surface area contributed by atoms with Gasteiger partial charge in [0, 0.05) is 41.8 Å². The molecule has 0 bridgehead atoms. The molecule has 172 valence electrons. The molecule has 0 aliphatic carbocycles. The minimum atomic E-state index is 0.767. The predicted molar refractivity (Wildman–Crippen MR) is 138 cm³/mol. The minimum absolute atomic E-state index is 0.767. The summed E-state index contributed by atoms with van der Waals surface area (Å²) < 4.78 is 12.6. The summed E-state index contributed by atoms with van der Waals surface area (Å²) in [4.78, 5) is 10.5. The third kappa shape index (κ3) is 5.07. The molecule has 0 saturated heterocycles. The highest BCUT2D eigenvalue weighted by atomic mass is 32.1. The topological polar surface area (TPSA) is 50.4 Å². The van der Waals surface area contributed by atoms with Crippen LogP contribution in [-0.4, -0.2) is 48.2 Å². The first-order valence-corrected chi connectivity index (χ1v) is 12.6. The molecule has 1 aliphatic rings. The lowest BCUT2D eigenvalue weighted by Crippen LogP contribution is -2.29. The van der Waals surface area contributed by atoms with Crippen molar-refractivity contribution in [3.05, 3.63) is 59.2 Å². The summed E-state index contributed by atoms with van der Waals surface area (Å²) in [6.07, 6.45) is 9.10. The van der Waals surface area contributed by atoms with Crippen molar-refractivity contribution in [2.45, 2.75) is 32.6 Å². The first-order valence-electron chi connectivity index (χ1n) is 11.8. The third-order valence-electron chi connectivity index (χ3n) is 6.38. The van der Waals surface area contributed by atoms with Gasteiger partial charge in [-0.3, -0.25) is 4.90 Å². The van der Waals surface area contributed by atoms with Crippen LogP contribution in [0.4, 0.5) is 0 Å². The van der Waals surface area contributed by atoms with Gasteiger partial charge < -0.3 is 14.5 Å². The predicted octanol–water partition coefficient (Wildman–Crippen LogP) is 6.43. The van der Waals surface area contributed by atoms with Crippen LogP contribution in [0.1, 0.15) is 36.3 Å². The molecule has 0 atom stereocenters. The van der Waals surface area contributed by atoms with E-state index in [1.807, 2.05) is 13.0 Å². The van der Waals surface area contributed by atoms with Gasteiger partial charge in [-0.15, -0.1) is 11.3 Å². The summed E-state index contributed by atoms with van der Waals surface area (Å²) in [6, 6.07) is 12.5. The zero-order chi connectivity index (χ0) is 22.6. The van der Waals surface area contributed by atoms with Gasteiger partial charge in [-0.2, -0.15) is 0 Å². The second kappa shape index (κ2) is 9.98. The number of nitrogens with zero attached hydrogens (tertiary/aromatic N) is 2. The van der Waals surface area contributed by atoms with E-state index < -0.39 is 0 Å². The fourth-order valence-electron chi connectivity index (χ4n) is 4.57. The molecule has 5 rings (SSSR count). The molecule has 1 N–H and O–H groups in total. The number of benzene rings is 2. The molecule has 6 heteroatoms. The van der Waals surface area contributed by atoms with Gasteiger partial charge in [0.05, 0.1) is 28.9 Å². The molecule has 33 heavy (non-hydrogen) atoms. The number of fused-ring (bicyclic) bond motifs is 2. The van der Waals surface area contributed by atoms with E-state index in [9.17, 15) is 0 Å². The van der Waals surface area contributed by atoms with Crippen LogP contribution in [0.2, 0.25) is 0 Å². The van der Waals surface area contributed by atoms with Gasteiger partial charge in [0.15, 0.2) is 0 Å². The van der Waals surface area contributed by atoms with Crippen molar-refractivity contribution in [3.63, 3.8) is 0 Å². The van der Waals surface area contributed by atoms with Gasteiger partial charge >= 0.3 is 0 Å². The maximum absolute atomic E-state index is 5.95. The number of methoxy groups -OCH3 is 1. The molecule has 0 unspecified atom stereocenters. The molecule has 0 amide bonds. The van der Waals surface area contributed by atoms with Gasteiger partial charge in [-0.05, 0) is 75.1 Å². The Morgan fingerprint density at radius 1 is 1.09 bits per heavy atom. The summed E-state index contributed by atoms with van der Waals surface area (Å²) >= 11 is 1.73. The Morgan fingerprint density at radius 2 is 2.00 bits per heavy atom. The van der Waals surface area contributed by atoms with E-state index in [2.05, 4.69) is 57.5 Å². The number of hydrogen-bond acceptors (Lipinski definition) is 5. The highest BCUT2D eigenvalue weighted by Crippen LogP contribution is 2.31. The van der Waals surface area contributed by atoms with Crippen molar-refractivity contribution in [1.82, 2.24) is 14.9 Å². The normalized spacial score (nSPS) is 14.7. The van der Waals surface area contributed by atoms with Gasteiger partial charge in [0.25, 0.3) is 0 Å². The highest BCUT2D eigenvalue weighted by Gasteiger charge is 2.15. The lowest BCUT2D eigenvalue weighted by molar-refractivity contribution is 0.276. The number of H-pyrrole nitrogens is 1. The molecular weight excluding hydrogens is 430 g/mol. The van der Waals surface area contributed by atoms with Crippen LogP contribution in [0.25, 0.3) is 26.7 Å². The number of aromatic amines is 1. The van der Waals surface area contributed by atoms with Crippen LogP contribution in [0, 0.1) is 6.92 Å². The number of ether oxygens (including phenoxy) is 2. The molecule has 0 radical (unpaired) electrons. The quantitative estimate of drug-likeness (QED) is 0.292. The van der Waals surface area contributed by atoms with Gasteiger partial charge in [0.2, 0.25) is 0 Å². The summed E-state index contributed by atoms with van der Waals surface area (Å²) in [6.45, 7) is 6.10. The average molecular weight is 462 g/mol. The number of aromatic nitrogens is 2. The second-order valence-electron chi connectivity index (χ2n) is 8.67. The first-order chi connectivity index (χ1) is 16.2. The Kier molecular flexibility index (Phi) is 6.65. The second-order valence-corrected chi connectivity index (χ2v) is 9.90. The summed E-state index contributed by atoms with van der Waals surface area (Å²) in [7, 11) is 1.72. The van der Waals surface area contributed by atoms with E-state index in [-0.39, 0.29) is 0 Å². The Balaban J connectivity index is 1.05. The lowest BCUT2D eigenvalue weighted by Gasteiger charge is -2.26. The Bertz CT molecular complexity index is 1270. The van der Waals surface area contributed by atoms with Crippen LogP contribution in [0.15, 0.2) is 48.7 Å². The molecule has 0 spiro atoms. The SMILES string of the molecule is COc1ccc2[nH]cc(C3=CCN(CCCCCOc4ccc5sc(C)nc5c4)CC3)c2c1.